The van der Waals surface area contributed by atoms with E-state index in [0.29, 0.717) is 5.75 Å². The van der Waals surface area contributed by atoms with Crippen molar-refractivity contribution < 1.29 is 33.3 Å². The first-order chi connectivity index (χ1) is 12.3. The Morgan fingerprint density at radius 1 is 1.15 bits per heavy atom. The van der Waals surface area contributed by atoms with Gasteiger partial charge in [0.15, 0.2) is 30.4 Å². The summed E-state index contributed by atoms with van der Waals surface area (Å²) in [5, 5.41) is 2.78. The molecule has 0 bridgehead atoms. The Labute approximate surface area is 150 Å². The number of carbonyl (C=O) groups is 2. The fourth-order valence-corrected chi connectivity index (χ4v) is 3.53. The highest BCUT2D eigenvalue weighted by molar-refractivity contribution is 5.89. The van der Waals surface area contributed by atoms with E-state index in [1.165, 1.54) is 6.92 Å². The molecule has 1 N–H and O–H groups in total. The van der Waals surface area contributed by atoms with Crippen LogP contribution >= 0.6 is 0 Å². The molecule has 0 spiro atoms. The SMILES string of the molecule is CC(=O)O[C@H]1[C@@H]([C@H]2NC(=O)[C@H]2Oc2ccccc2)O[C@@H]2OC(C)(C)O[C@@H]21. The van der Waals surface area contributed by atoms with Crippen LogP contribution in [-0.2, 0) is 28.5 Å². The van der Waals surface area contributed by atoms with Gasteiger partial charge >= 0.3 is 5.97 Å². The predicted octanol–water partition coefficient (Wildman–Crippen LogP) is 0.740. The van der Waals surface area contributed by atoms with E-state index in [4.69, 9.17) is 23.7 Å². The number of ether oxygens (including phenoxy) is 5. The number of hydrogen-bond acceptors (Lipinski definition) is 7. The molecule has 8 nitrogen and oxygen atoms in total. The monoisotopic (exact) mass is 363 g/mol. The van der Waals surface area contributed by atoms with Crippen LogP contribution in [0.3, 0.4) is 0 Å². The molecule has 1 aromatic carbocycles. The van der Waals surface area contributed by atoms with Gasteiger partial charge in [0.2, 0.25) is 0 Å². The topological polar surface area (TPSA) is 92.3 Å². The Morgan fingerprint density at radius 2 is 1.88 bits per heavy atom. The summed E-state index contributed by atoms with van der Waals surface area (Å²) in [5.74, 6) is -0.957. The maximum atomic E-state index is 12.0. The molecule has 0 saturated carbocycles. The minimum atomic E-state index is -0.832. The van der Waals surface area contributed by atoms with Gasteiger partial charge in [-0.25, -0.2) is 0 Å². The number of esters is 1. The highest BCUT2D eigenvalue weighted by Crippen LogP contribution is 2.41. The number of amides is 1. The molecule has 0 radical (unpaired) electrons. The number of nitrogens with one attached hydrogen (secondary N) is 1. The first-order valence-electron chi connectivity index (χ1n) is 8.54. The van der Waals surface area contributed by atoms with Gasteiger partial charge in [-0.05, 0) is 26.0 Å². The quantitative estimate of drug-likeness (QED) is 0.623. The molecule has 0 aliphatic carbocycles. The van der Waals surface area contributed by atoms with Gasteiger partial charge in [0.1, 0.15) is 17.9 Å². The molecule has 1 aromatic rings. The van der Waals surface area contributed by atoms with E-state index in [2.05, 4.69) is 5.32 Å². The highest BCUT2D eigenvalue weighted by atomic mass is 16.8. The molecule has 26 heavy (non-hydrogen) atoms. The third-order valence-corrected chi connectivity index (χ3v) is 4.58. The molecule has 3 fully saturated rings. The summed E-state index contributed by atoms with van der Waals surface area (Å²) in [7, 11) is 0. The molecule has 0 aromatic heterocycles. The van der Waals surface area contributed by atoms with Gasteiger partial charge in [0.25, 0.3) is 5.91 Å². The second kappa shape index (κ2) is 6.22. The molecule has 0 unspecified atom stereocenters. The lowest BCUT2D eigenvalue weighted by Gasteiger charge is -2.41. The van der Waals surface area contributed by atoms with E-state index in [-0.39, 0.29) is 5.91 Å². The summed E-state index contributed by atoms with van der Waals surface area (Å²) >= 11 is 0. The maximum Gasteiger partial charge on any atom is 0.303 e. The summed E-state index contributed by atoms with van der Waals surface area (Å²) < 4.78 is 28.7. The normalized spacial score (nSPS) is 37.4. The minimum Gasteiger partial charge on any atom is -0.478 e. The van der Waals surface area contributed by atoms with Crippen molar-refractivity contribution in [2.75, 3.05) is 0 Å². The molecule has 6 atom stereocenters. The molecule has 140 valence electrons. The molecular weight excluding hydrogens is 342 g/mol. The second-order valence-corrected chi connectivity index (χ2v) is 7.03. The van der Waals surface area contributed by atoms with Crippen LogP contribution in [0.5, 0.6) is 5.75 Å². The zero-order valence-corrected chi connectivity index (χ0v) is 14.7. The summed E-state index contributed by atoms with van der Waals surface area (Å²) in [6.07, 6.45) is -3.31. The van der Waals surface area contributed by atoms with Crippen molar-refractivity contribution in [2.24, 2.45) is 0 Å². The number of β-lactam (4-membered cyclic amide) rings is 1. The van der Waals surface area contributed by atoms with E-state index < -0.39 is 48.5 Å². The Morgan fingerprint density at radius 3 is 2.54 bits per heavy atom. The van der Waals surface area contributed by atoms with Gasteiger partial charge in [0.05, 0.1) is 0 Å². The lowest BCUT2D eigenvalue weighted by Crippen LogP contribution is -2.71. The summed E-state index contributed by atoms with van der Waals surface area (Å²) in [6.45, 7) is 4.85. The number of fused-ring (bicyclic) bond motifs is 1. The molecule has 3 heterocycles. The number of benzene rings is 1. The van der Waals surface area contributed by atoms with E-state index in [1.807, 2.05) is 18.2 Å². The number of para-hydroxylation sites is 1. The fourth-order valence-electron chi connectivity index (χ4n) is 3.53. The lowest BCUT2D eigenvalue weighted by molar-refractivity contribution is -0.227. The fraction of sp³-hybridized carbons (Fsp3) is 0.556. The van der Waals surface area contributed by atoms with Gasteiger partial charge in [-0.15, -0.1) is 0 Å². The van der Waals surface area contributed by atoms with E-state index in [9.17, 15) is 9.59 Å². The predicted molar refractivity (Wildman–Crippen MR) is 87.0 cm³/mol. The Kier molecular flexibility index (Phi) is 4.13. The van der Waals surface area contributed by atoms with Crippen LogP contribution < -0.4 is 10.1 Å². The summed E-state index contributed by atoms with van der Waals surface area (Å²) in [6, 6.07) is 8.56. The minimum absolute atomic E-state index is 0.247. The van der Waals surface area contributed by atoms with Crippen LogP contribution in [0.4, 0.5) is 0 Å². The van der Waals surface area contributed by atoms with Crippen molar-refractivity contribution >= 4 is 11.9 Å². The molecule has 3 saturated heterocycles. The molecule has 1 amide bonds. The largest absolute Gasteiger partial charge is 0.478 e. The number of carbonyl (C=O) groups excluding carboxylic acids is 2. The van der Waals surface area contributed by atoms with Crippen molar-refractivity contribution in [1.82, 2.24) is 5.32 Å². The average Bonchev–Trinajstić information content (AvgIpc) is 3.04. The average molecular weight is 363 g/mol. The van der Waals surface area contributed by atoms with E-state index in [0.717, 1.165) is 0 Å². The van der Waals surface area contributed by atoms with Gasteiger partial charge in [-0.1, -0.05) is 18.2 Å². The Bertz CT molecular complexity index is 707. The second-order valence-electron chi connectivity index (χ2n) is 7.03. The van der Waals surface area contributed by atoms with Crippen molar-refractivity contribution in [3.05, 3.63) is 30.3 Å². The van der Waals surface area contributed by atoms with Gasteiger partial charge in [0, 0.05) is 6.92 Å². The first kappa shape index (κ1) is 17.3. The highest BCUT2D eigenvalue weighted by Gasteiger charge is 2.62. The number of hydrogen-bond donors (Lipinski definition) is 1. The van der Waals surface area contributed by atoms with Crippen molar-refractivity contribution in [3.8, 4) is 5.75 Å². The first-order valence-corrected chi connectivity index (χ1v) is 8.54. The van der Waals surface area contributed by atoms with Gasteiger partial charge < -0.3 is 29.0 Å². The maximum absolute atomic E-state index is 12.0. The van der Waals surface area contributed by atoms with Gasteiger partial charge in [-0.3, -0.25) is 9.59 Å². The van der Waals surface area contributed by atoms with Crippen LogP contribution in [0.25, 0.3) is 0 Å². The van der Waals surface area contributed by atoms with Crippen LogP contribution in [0.1, 0.15) is 20.8 Å². The van der Waals surface area contributed by atoms with Crippen LogP contribution in [0.15, 0.2) is 30.3 Å². The Balaban J connectivity index is 1.52. The van der Waals surface area contributed by atoms with Crippen molar-refractivity contribution in [3.63, 3.8) is 0 Å². The third kappa shape index (κ3) is 3.04. The number of rotatable bonds is 4. The summed E-state index contributed by atoms with van der Waals surface area (Å²) in [4.78, 5) is 23.6. The zero-order chi connectivity index (χ0) is 18.5. The van der Waals surface area contributed by atoms with E-state index >= 15 is 0 Å². The molecule has 4 rings (SSSR count). The third-order valence-electron chi connectivity index (χ3n) is 4.58. The molecular formula is C18H21NO7. The Hall–Kier alpha value is -2.16. The molecule has 3 aliphatic heterocycles. The smallest absolute Gasteiger partial charge is 0.303 e. The van der Waals surface area contributed by atoms with Crippen LogP contribution in [-0.4, -0.2) is 54.4 Å². The molecule has 3 aliphatic rings. The van der Waals surface area contributed by atoms with Crippen molar-refractivity contribution in [1.29, 1.82) is 0 Å². The summed E-state index contributed by atoms with van der Waals surface area (Å²) in [5.41, 5.74) is 0. The molecule has 8 heteroatoms. The van der Waals surface area contributed by atoms with E-state index in [1.54, 1.807) is 26.0 Å². The van der Waals surface area contributed by atoms with Gasteiger partial charge in [-0.2, -0.15) is 0 Å². The standard InChI is InChI=1S/C18H21NO7/c1-9(20)22-14-12(24-17-15(14)25-18(2,3)26-17)11-13(16(21)19-11)23-10-7-5-4-6-8-10/h4-8,11-15,17H,1-3H3,(H,19,21)/t11-,12-,13+,14+,15-,17-/m1/s1. The van der Waals surface area contributed by atoms with Crippen LogP contribution in [0, 0.1) is 0 Å². The van der Waals surface area contributed by atoms with Crippen LogP contribution in [0.2, 0.25) is 0 Å². The van der Waals surface area contributed by atoms with Crippen molar-refractivity contribution in [2.45, 2.75) is 63.3 Å². The zero-order valence-electron chi connectivity index (χ0n) is 14.7. The lowest BCUT2D eigenvalue weighted by atomic mass is 9.92.